The van der Waals surface area contributed by atoms with Crippen LogP contribution in [0.25, 0.3) is 0 Å². The zero-order valence-electron chi connectivity index (χ0n) is 18.3. The zero-order chi connectivity index (χ0) is 24.5. The van der Waals surface area contributed by atoms with Crippen LogP contribution in [-0.2, 0) is 19.6 Å². The molecule has 0 aromatic heterocycles. The van der Waals surface area contributed by atoms with Crippen LogP contribution in [0.5, 0.6) is 5.75 Å². The molecule has 3 aromatic rings. The van der Waals surface area contributed by atoms with Gasteiger partial charge in [-0.1, -0.05) is 29.8 Å². The van der Waals surface area contributed by atoms with Gasteiger partial charge in [0.25, 0.3) is 15.9 Å². The summed E-state index contributed by atoms with van der Waals surface area (Å²) in [6.07, 6.45) is -1.14. The van der Waals surface area contributed by atoms with Crippen LogP contribution >= 0.6 is 11.6 Å². The number of hydrogen-bond donors (Lipinski definition) is 1. The smallest absolute Gasteiger partial charge is 0.337 e. The van der Waals surface area contributed by atoms with Crippen molar-refractivity contribution >= 4 is 44.9 Å². The number of carbonyl (C=O) groups is 2. The molecule has 0 unspecified atom stereocenters. The Bertz CT molecular complexity index is 1360. The van der Waals surface area contributed by atoms with Gasteiger partial charge in [-0.05, 0) is 61.0 Å². The zero-order valence-corrected chi connectivity index (χ0v) is 19.9. The molecule has 1 aliphatic heterocycles. The number of sulfonamides is 1. The van der Waals surface area contributed by atoms with Gasteiger partial charge in [0.15, 0.2) is 6.10 Å². The highest BCUT2D eigenvalue weighted by molar-refractivity contribution is 7.92. The minimum absolute atomic E-state index is 0.0365. The second kappa shape index (κ2) is 9.36. The van der Waals surface area contributed by atoms with Gasteiger partial charge in [0.1, 0.15) is 5.75 Å². The number of amides is 1. The van der Waals surface area contributed by atoms with Crippen molar-refractivity contribution < 1.29 is 27.5 Å². The molecule has 3 aromatic carbocycles. The number of fused-ring (bicyclic) bond motifs is 1. The number of methoxy groups -OCH3 is 1. The summed E-state index contributed by atoms with van der Waals surface area (Å²) in [6.45, 7) is 1.52. The van der Waals surface area contributed by atoms with Crippen LogP contribution in [-0.4, -0.2) is 40.1 Å². The summed E-state index contributed by atoms with van der Waals surface area (Å²) in [4.78, 5) is 25.0. The maximum atomic E-state index is 13.4. The van der Waals surface area contributed by atoms with E-state index in [0.717, 1.165) is 4.31 Å². The quantitative estimate of drug-likeness (QED) is 0.531. The molecule has 0 aliphatic carbocycles. The largest absolute Gasteiger partial charge is 0.476 e. The third kappa shape index (κ3) is 4.57. The number of rotatable bonds is 5. The molecule has 0 saturated carbocycles. The summed E-state index contributed by atoms with van der Waals surface area (Å²) < 4.78 is 38.6. The molecular weight excluding hydrogens is 480 g/mol. The molecule has 1 N–H and O–H groups in total. The molecule has 1 heterocycles. The van der Waals surface area contributed by atoms with E-state index in [1.807, 2.05) is 0 Å². The highest BCUT2D eigenvalue weighted by atomic mass is 35.5. The van der Waals surface area contributed by atoms with Gasteiger partial charge in [0, 0.05) is 10.7 Å². The van der Waals surface area contributed by atoms with Crippen molar-refractivity contribution in [3.8, 4) is 5.75 Å². The van der Waals surface area contributed by atoms with Crippen LogP contribution < -0.4 is 14.4 Å². The average molecular weight is 501 g/mol. The Balaban J connectivity index is 1.65. The van der Waals surface area contributed by atoms with Gasteiger partial charge in [-0.2, -0.15) is 0 Å². The van der Waals surface area contributed by atoms with Gasteiger partial charge in [-0.25, -0.2) is 13.2 Å². The summed E-state index contributed by atoms with van der Waals surface area (Å²) >= 11 is 5.91. The van der Waals surface area contributed by atoms with Crippen LogP contribution in [0.3, 0.4) is 0 Å². The van der Waals surface area contributed by atoms with E-state index < -0.39 is 28.0 Å². The van der Waals surface area contributed by atoms with E-state index in [0.29, 0.717) is 22.0 Å². The summed E-state index contributed by atoms with van der Waals surface area (Å²) in [7, 11) is -2.74. The van der Waals surface area contributed by atoms with E-state index in [1.54, 1.807) is 43.3 Å². The highest BCUT2D eigenvalue weighted by Gasteiger charge is 2.37. The maximum Gasteiger partial charge on any atom is 0.337 e. The summed E-state index contributed by atoms with van der Waals surface area (Å²) in [5.74, 6) is -0.846. The molecule has 34 heavy (non-hydrogen) atoms. The molecule has 1 amide bonds. The fourth-order valence-electron chi connectivity index (χ4n) is 3.51. The Hall–Kier alpha value is -3.56. The number of nitrogens with zero attached hydrogens (tertiary/aromatic N) is 1. The fraction of sp³-hybridized carbons (Fsp3) is 0.167. The Kier molecular flexibility index (Phi) is 6.49. The average Bonchev–Trinajstić information content (AvgIpc) is 2.84. The number of nitrogens with one attached hydrogen (secondary N) is 1. The fourth-order valence-corrected chi connectivity index (χ4v) is 5.12. The lowest BCUT2D eigenvalue weighted by Crippen LogP contribution is -2.48. The van der Waals surface area contributed by atoms with Crippen molar-refractivity contribution in [1.29, 1.82) is 0 Å². The molecule has 1 aliphatic rings. The SMILES string of the molecule is COC(=O)c1ccc(C)c(NC(=O)[C@H]2CN(S(=O)(=O)c3ccc(Cl)cc3)c3ccccc3O2)c1. The van der Waals surface area contributed by atoms with Gasteiger partial charge in [0.05, 0.1) is 29.8 Å². The van der Waals surface area contributed by atoms with E-state index in [9.17, 15) is 18.0 Å². The highest BCUT2D eigenvalue weighted by Crippen LogP contribution is 2.37. The third-order valence-corrected chi connectivity index (χ3v) is 7.39. The van der Waals surface area contributed by atoms with Crippen molar-refractivity contribution in [2.75, 3.05) is 23.3 Å². The molecule has 1 atom stereocenters. The molecule has 0 saturated heterocycles. The number of ether oxygens (including phenoxy) is 2. The molecule has 0 bridgehead atoms. The van der Waals surface area contributed by atoms with Gasteiger partial charge in [-0.3, -0.25) is 9.10 Å². The van der Waals surface area contributed by atoms with Crippen molar-refractivity contribution in [2.24, 2.45) is 0 Å². The molecule has 8 nitrogen and oxygen atoms in total. The monoisotopic (exact) mass is 500 g/mol. The van der Waals surface area contributed by atoms with Gasteiger partial charge < -0.3 is 14.8 Å². The van der Waals surface area contributed by atoms with Crippen molar-refractivity contribution in [1.82, 2.24) is 0 Å². The molecule has 176 valence electrons. The topological polar surface area (TPSA) is 102 Å². The lowest BCUT2D eigenvalue weighted by Gasteiger charge is -2.34. The molecule has 0 spiro atoms. The van der Waals surface area contributed by atoms with Crippen LogP contribution in [0.1, 0.15) is 15.9 Å². The molecule has 10 heteroatoms. The number of esters is 1. The number of carbonyl (C=O) groups excluding carboxylic acids is 2. The second-order valence-electron chi connectivity index (χ2n) is 7.57. The Morgan fingerprint density at radius 1 is 1.09 bits per heavy atom. The summed E-state index contributed by atoms with van der Waals surface area (Å²) in [5.41, 5.74) is 1.70. The van der Waals surface area contributed by atoms with Gasteiger partial charge >= 0.3 is 5.97 Å². The first-order valence-corrected chi connectivity index (χ1v) is 12.1. The molecule has 0 fully saturated rings. The van der Waals surface area contributed by atoms with E-state index in [2.05, 4.69) is 5.32 Å². The number of benzene rings is 3. The lowest BCUT2D eigenvalue weighted by molar-refractivity contribution is -0.122. The standard InChI is InChI=1S/C24H21ClN2O6S/c1-15-7-8-16(24(29)32-2)13-19(15)26-23(28)22-14-27(20-5-3-4-6-21(20)33-22)34(30,31)18-11-9-17(25)10-12-18/h3-13,22H,14H2,1-2H3,(H,26,28)/t22-/m1/s1. The number of aryl methyl sites for hydroxylation is 1. The summed E-state index contributed by atoms with van der Waals surface area (Å²) in [6, 6.07) is 17.1. The minimum Gasteiger partial charge on any atom is -0.476 e. The predicted octanol–water partition coefficient (Wildman–Crippen LogP) is 4.03. The van der Waals surface area contributed by atoms with Gasteiger partial charge in [0.2, 0.25) is 0 Å². The van der Waals surface area contributed by atoms with Crippen molar-refractivity contribution in [3.63, 3.8) is 0 Å². The van der Waals surface area contributed by atoms with E-state index in [1.165, 1.54) is 37.4 Å². The first kappa shape index (κ1) is 23.6. The number of para-hydroxylation sites is 2. The normalized spacial score (nSPS) is 15.1. The molecule has 0 radical (unpaired) electrons. The first-order chi connectivity index (χ1) is 16.2. The number of anilines is 2. The van der Waals surface area contributed by atoms with Crippen molar-refractivity contribution in [2.45, 2.75) is 17.9 Å². The van der Waals surface area contributed by atoms with E-state index in [-0.39, 0.29) is 22.8 Å². The van der Waals surface area contributed by atoms with Gasteiger partial charge in [-0.15, -0.1) is 0 Å². The molecular formula is C24H21ClN2O6S. The van der Waals surface area contributed by atoms with Crippen LogP contribution in [0.2, 0.25) is 5.02 Å². The third-order valence-electron chi connectivity index (χ3n) is 5.35. The Morgan fingerprint density at radius 3 is 2.50 bits per heavy atom. The van der Waals surface area contributed by atoms with Crippen LogP contribution in [0.4, 0.5) is 11.4 Å². The van der Waals surface area contributed by atoms with Crippen molar-refractivity contribution in [3.05, 3.63) is 82.9 Å². The second-order valence-corrected chi connectivity index (χ2v) is 9.87. The predicted molar refractivity (Wildman–Crippen MR) is 128 cm³/mol. The first-order valence-electron chi connectivity index (χ1n) is 10.2. The summed E-state index contributed by atoms with van der Waals surface area (Å²) in [5, 5.41) is 3.14. The maximum absolute atomic E-state index is 13.4. The Morgan fingerprint density at radius 2 is 1.79 bits per heavy atom. The minimum atomic E-state index is -4.01. The number of halogens is 1. The van der Waals surface area contributed by atoms with Crippen LogP contribution in [0, 0.1) is 6.92 Å². The molecule has 4 rings (SSSR count). The number of hydrogen-bond acceptors (Lipinski definition) is 6. The van der Waals surface area contributed by atoms with E-state index in [4.69, 9.17) is 21.1 Å². The van der Waals surface area contributed by atoms with E-state index >= 15 is 0 Å². The van der Waals surface area contributed by atoms with Crippen LogP contribution in [0.15, 0.2) is 71.6 Å². The lowest BCUT2D eigenvalue weighted by atomic mass is 10.1. The Labute approximate surface area is 202 Å².